The predicted molar refractivity (Wildman–Crippen MR) is 86.0 cm³/mol. The first-order chi connectivity index (χ1) is 9.83. The van der Waals surface area contributed by atoms with Gasteiger partial charge in [-0.05, 0) is 69.9 Å². The van der Waals surface area contributed by atoms with E-state index in [0.717, 1.165) is 36.5 Å². The predicted octanol–water partition coefficient (Wildman–Crippen LogP) is 3.81. The lowest BCUT2D eigenvalue weighted by molar-refractivity contribution is 0.0197. The van der Waals surface area contributed by atoms with Gasteiger partial charge in [0.05, 0.1) is 0 Å². The molecule has 0 aromatic rings. The molecule has 0 aromatic carbocycles. The summed E-state index contributed by atoms with van der Waals surface area (Å²) in [5, 5.41) is 3.81. The van der Waals surface area contributed by atoms with Crippen molar-refractivity contribution in [2.45, 2.75) is 89.8 Å². The normalized spacial score (nSPS) is 42.6. The van der Waals surface area contributed by atoms with Crippen LogP contribution >= 0.6 is 0 Å². The highest BCUT2D eigenvalue weighted by Crippen LogP contribution is 2.41. The van der Waals surface area contributed by atoms with Gasteiger partial charge in [-0.15, -0.1) is 0 Å². The quantitative estimate of drug-likeness (QED) is 0.841. The van der Waals surface area contributed by atoms with Gasteiger partial charge in [-0.25, -0.2) is 0 Å². The van der Waals surface area contributed by atoms with Gasteiger partial charge in [0.15, 0.2) is 0 Å². The number of likely N-dealkylation sites (tertiary alicyclic amines) is 1. The zero-order chi connectivity index (χ0) is 13.9. The molecular formula is C18H34N2. The molecule has 5 unspecified atom stereocenters. The molecule has 3 rings (SSSR count). The molecule has 0 bridgehead atoms. The van der Waals surface area contributed by atoms with Crippen LogP contribution in [-0.2, 0) is 0 Å². The molecule has 1 saturated heterocycles. The SMILES string of the molecule is CCNC1CCC(CC)CC1N1CCCC2CCCC21. The number of hydrogen-bond donors (Lipinski definition) is 1. The topological polar surface area (TPSA) is 15.3 Å². The van der Waals surface area contributed by atoms with Crippen LogP contribution in [-0.4, -0.2) is 36.1 Å². The fourth-order valence-electron chi connectivity index (χ4n) is 5.37. The monoisotopic (exact) mass is 278 g/mol. The van der Waals surface area contributed by atoms with Gasteiger partial charge in [0.1, 0.15) is 0 Å². The lowest BCUT2D eigenvalue weighted by Gasteiger charge is -2.49. The van der Waals surface area contributed by atoms with Crippen LogP contribution in [0.15, 0.2) is 0 Å². The van der Waals surface area contributed by atoms with E-state index in [2.05, 4.69) is 24.1 Å². The molecule has 3 fully saturated rings. The number of nitrogens with one attached hydrogen (secondary N) is 1. The highest BCUT2D eigenvalue weighted by atomic mass is 15.2. The summed E-state index contributed by atoms with van der Waals surface area (Å²) in [5.41, 5.74) is 0. The largest absolute Gasteiger partial charge is 0.313 e. The Morgan fingerprint density at radius 2 is 1.80 bits per heavy atom. The van der Waals surface area contributed by atoms with E-state index in [1.54, 1.807) is 0 Å². The summed E-state index contributed by atoms with van der Waals surface area (Å²) in [7, 11) is 0. The number of piperidine rings is 1. The molecule has 116 valence electrons. The average molecular weight is 278 g/mol. The molecule has 1 aliphatic heterocycles. The lowest BCUT2D eigenvalue weighted by Crippen LogP contribution is -2.58. The van der Waals surface area contributed by atoms with Crippen molar-refractivity contribution in [2.75, 3.05) is 13.1 Å². The van der Waals surface area contributed by atoms with Crippen molar-refractivity contribution < 1.29 is 0 Å². The molecule has 20 heavy (non-hydrogen) atoms. The summed E-state index contributed by atoms with van der Waals surface area (Å²) in [5.74, 6) is 2.02. The van der Waals surface area contributed by atoms with Crippen molar-refractivity contribution in [1.82, 2.24) is 10.2 Å². The summed E-state index contributed by atoms with van der Waals surface area (Å²) in [6.45, 7) is 7.19. The molecule has 3 aliphatic rings. The van der Waals surface area contributed by atoms with E-state index in [4.69, 9.17) is 0 Å². The zero-order valence-electron chi connectivity index (χ0n) is 13.6. The smallest absolute Gasteiger partial charge is 0.0255 e. The van der Waals surface area contributed by atoms with E-state index in [0.29, 0.717) is 0 Å². The molecule has 2 heteroatoms. The summed E-state index contributed by atoms with van der Waals surface area (Å²) in [6, 6.07) is 2.53. The van der Waals surface area contributed by atoms with Crippen LogP contribution < -0.4 is 5.32 Å². The van der Waals surface area contributed by atoms with Gasteiger partial charge >= 0.3 is 0 Å². The molecule has 1 heterocycles. The molecule has 1 N–H and O–H groups in total. The Morgan fingerprint density at radius 1 is 0.950 bits per heavy atom. The van der Waals surface area contributed by atoms with E-state index < -0.39 is 0 Å². The minimum Gasteiger partial charge on any atom is -0.313 e. The summed E-state index contributed by atoms with van der Waals surface area (Å²) in [6.07, 6.45) is 13.1. The molecule has 2 nitrogen and oxygen atoms in total. The highest BCUT2D eigenvalue weighted by molar-refractivity contribution is 4.98. The van der Waals surface area contributed by atoms with Gasteiger partial charge in [0, 0.05) is 18.1 Å². The van der Waals surface area contributed by atoms with E-state index >= 15 is 0 Å². The van der Waals surface area contributed by atoms with Gasteiger partial charge in [-0.3, -0.25) is 4.90 Å². The van der Waals surface area contributed by atoms with Gasteiger partial charge in [0.2, 0.25) is 0 Å². The number of likely N-dealkylation sites (N-methyl/N-ethyl adjacent to an activating group) is 1. The van der Waals surface area contributed by atoms with E-state index in [1.807, 2.05) is 0 Å². The van der Waals surface area contributed by atoms with E-state index in [1.165, 1.54) is 64.3 Å². The third-order valence-corrected chi connectivity index (χ3v) is 6.43. The third-order valence-electron chi connectivity index (χ3n) is 6.43. The average Bonchev–Trinajstić information content (AvgIpc) is 2.96. The summed E-state index contributed by atoms with van der Waals surface area (Å²) >= 11 is 0. The molecule has 2 aliphatic carbocycles. The molecule has 0 spiro atoms. The van der Waals surface area contributed by atoms with Crippen molar-refractivity contribution >= 4 is 0 Å². The second kappa shape index (κ2) is 6.79. The second-order valence-electron chi connectivity index (χ2n) is 7.46. The Labute approximate surface area is 125 Å². The maximum atomic E-state index is 3.81. The number of rotatable bonds is 4. The second-order valence-corrected chi connectivity index (χ2v) is 7.46. The van der Waals surface area contributed by atoms with Crippen LogP contribution in [0.25, 0.3) is 0 Å². The Bertz CT molecular complexity index is 304. The minimum absolute atomic E-state index is 0.766. The van der Waals surface area contributed by atoms with Crippen LogP contribution in [0.2, 0.25) is 0 Å². The Hall–Kier alpha value is -0.0800. The van der Waals surface area contributed by atoms with Crippen molar-refractivity contribution in [3.8, 4) is 0 Å². The van der Waals surface area contributed by atoms with Gasteiger partial charge in [-0.1, -0.05) is 26.7 Å². The first kappa shape index (κ1) is 14.8. The molecule has 0 aromatic heterocycles. The number of nitrogens with zero attached hydrogens (tertiary/aromatic N) is 1. The lowest BCUT2D eigenvalue weighted by atomic mass is 9.78. The molecule has 2 saturated carbocycles. The fourth-order valence-corrected chi connectivity index (χ4v) is 5.37. The third kappa shape index (κ3) is 2.92. The van der Waals surface area contributed by atoms with Crippen LogP contribution in [0.4, 0.5) is 0 Å². The van der Waals surface area contributed by atoms with Crippen LogP contribution in [0.1, 0.15) is 71.6 Å². The standard InChI is InChI=1S/C18H34N2/c1-3-14-10-11-16(19-4-2)18(13-14)20-12-6-8-15-7-5-9-17(15)20/h14-19H,3-13H2,1-2H3. The van der Waals surface area contributed by atoms with Crippen LogP contribution in [0.5, 0.6) is 0 Å². The zero-order valence-corrected chi connectivity index (χ0v) is 13.6. The maximum absolute atomic E-state index is 3.81. The van der Waals surface area contributed by atoms with Crippen molar-refractivity contribution in [3.05, 3.63) is 0 Å². The van der Waals surface area contributed by atoms with Crippen LogP contribution in [0.3, 0.4) is 0 Å². The summed E-state index contributed by atoms with van der Waals surface area (Å²) in [4.78, 5) is 2.97. The molecule has 5 atom stereocenters. The maximum Gasteiger partial charge on any atom is 0.0255 e. The Kier molecular flexibility index (Phi) is 5.04. The van der Waals surface area contributed by atoms with Gasteiger partial charge in [-0.2, -0.15) is 0 Å². The summed E-state index contributed by atoms with van der Waals surface area (Å²) < 4.78 is 0. The Balaban J connectivity index is 1.72. The fraction of sp³-hybridized carbons (Fsp3) is 1.00. The molecule has 0 amide bonds. The Morgan fingerprint density at radius 3 is 2.60 bits per heavy atom. The first-order valence-electron chi connectivity index (χ1n) is 9.32. The van der Waals surface area contributed by atoms with E-state index in [9.17, 15) is 0 Å². The van der Waals surface area contributed by atoms with Crippen molar-refractivity contribution in [3.63, 3.8) is 0 Å². The number of fused-ring (bicyclic) bond motifs is 1. The first-order valence-corrected chi connectivity index (χ1v) is 9.32. The van der Waals surface area contributed by atoms with Crippen LogP contribution in [0, 0.1) is 11.8 Å². The minimum atomic E-state index is 0.766. The van der Waals surface area contributed by atoms with Crippen molar-refractivity contribution in [1.29, 1.82) is 0 Å². The molecule has 0 radical (unpaired) electrons. The van der Waals surface area contributed by atoms with Crippen molar-refractivity contribution in [2.24, 2.45) is 11.8 Å². The highest BCUT2D eigenvalue weighted by Gasteiger charge is 2.42. The van der Waals surface area contributed by atoms with Gasteiger partial charge < -0.3 is 5.32 Å². The molecular weight excluding hydrogens is 244 g/mol. The van der Waals surface area contributed by atoms with E-state index in [-0.39, 0.29) is 0 Å². The van der Waals surface area contributed by atoms with Gasteiger partial charge in [0.25, 0.3) is 0 Å². The number of hydrogen-bond acceptors (Lipinski definition) is 2.